The average molecular weight is 398 g/mol. The number of nitrogens with zero attached hydrogens (tertiary/aromatic N) is 4. The zero-order chi connectivity index (χ0) is 19.6. The highest BCUT2D eigenvalue weighted by atomic mass is 32.1. The summed E-state index contributed by atoms with van der Waals surface area (Å²) in [6.45, 7) is 4.83. The maximum absolute atomic E-state index is 13.1. The van der Waals surface area contributed by atoms with Gasteiger partial charge in [0.15, 0.2) is 12.3 Å². The molecule has 0 saturated carbocycles. The fraction of sp³-hybridized carbons (Fsp3) is 0.333. The van der Waals surface area contributed by atoms with E-state index in [1.54, 1.807) is 9.80 Å². The number of fused-ring (bicyclic) bond motifs is 3. The Balaban J connectivity index is 1.73. The first kappa shape index (κ1) is 17.0. The van der Waals surface area contributed by atoms with Crippen LogP contribution in [-0.2, 0) is 4.79 Å². The van der Waals surface area contributed by atoms with Crippen molar-refractivity contribution < 1.29 is 9.59 Å². The summed E-state index contributed by atoms with van der Waals surface area (Å²) in [5.41, 5.74) is 4.59. The van der Waals surface area contributed by atoms with Crippen LogP contribution < -0.4 is 25.6 Å². The second-order valence-corrected chi connectivity index (χ2v) is 7.68. The molecule has 28 heavy (non-hydrogen) atoms. The molecule has 3 amide bonds. The molecule has 9 nitrogen and oxygen atoms in total. The van der Waals surface area contributed by atoms with Gasteiger partial charge in [0.05, 0.1) is 5.57 Å². The number of carbonyl (C=O) groups is 2. The number of carbonyl (C=O) groups excluding carboxylic acids is 2. The molecule has 3 aliphatic heterocycles. The summed E-state index contributed by atoms with van der Waals surface area (Å²) in [6.07, 6.45) is -0.821. The number of anilines is 1. The SMILES string of the molecule is CCN1C(=O)N(CC)C2Nn3c(s/c(=C4\C(=O)Nc5ccccc54)c3=O)=NC21. The summed E-state index contributed by atoms with van der Waals surface area (Å²) in [6, 6.07) is 7.20. The summed E-state index contributed by atoms with van der Waals surface area (Å²) in [4.78, 5) is 46.7. The van der Waals surface area contributed by atoms with Gasteiger partial charge in [0, 0.05) is 24.3 Å². The van der Waals surface area contributed by atoms with Crippen LogP contribution in [0.4, 0.5) is 10.5 Å². The number of likely N-dealkylation sites (N-methyl/N-ethyl adjacent to an activating group) is 2. The lowest BCUT2D eigenvalue weighted by Crippen LogP contribution is -2.55. The van der Waals surface area contributed by atoms with Crippen molar-refractivity contribution in [3.63, 3.8) is 0 Å². The van der Waals surface area contributed by atoms with Crippen molar-refractivity contribution in [3.8, 4) is 0 Å². The number of aromatic nitrogens is 1. The van der Waals surface area contributed by atoms with Crippen molar-refractivity contribution in [1.82, 2.24) is 14.5 Å². The molecule has 0 aliphatic carbocycles. The molecule has 0 spiro atoms. The van der Waals surface area contributed by atoms with Crippen LogP contribution in [0.1, 0.15) is 19.4 Å². The van der Waals surface area contributed by atoms with E-state index in [1.165, 1.54) is 16.0 Å². The Kier molecular flexibility index (Phi) is 3.60. The van der Waals surface area contributed by atoms with Gasteiger partial charge in [0.1, 0.15) is 4.53 Å². The monoisotopic (exact) mass is 398 g/mol. The highest BCUT2D eigenvalue weighted by Gasteiger charge is 2.46. The van der Waals surface area contributed by atoms with Gasteiger partial charge >= 0.3 is 6.03 Å². The summed E-state index contributed by atoms with van der Waals surface area (Å²) in [5.74, 6) is -0.293. The predicted molar refractivity (Wildman–Crippen MR) is 104 cm³/mol. The molecular formula is C18H18N6O3S. The molecule has 4 heterocycles. The van der Waals surface area contributed by atoms with Gasteiger partial charge in [0.2, 0.25) is 4.80 Å². The molecule has 2 N–H and O–H groups in total. The first-order valence-electron chi connectivity index (χ1n) is 9.13. The smallest absolute Gasteiger partial charge is 0.321 e. The quantitative estimate of drug-likeness (QED) is 0.724. The largest absolute Gasteiger partial charge is 0.323 e. The van der Waals surface area contributed by atoms with Crippen LogP contribution in [0, 0.1) is 0 Å². The van der Waals surface area contributed by atoms with Crippen LogP contribution in [0.5, 0.6) is 0 Å². The maximum Gasteiger partial charge on any atom is 0.323 e. The van der Waals surface area contributed by atoms with E-state index in [9.17, 15) is 14.4 Å². The second kappa shape index (κ2) is 5.93. The number of hydrogen-bond donors (Lipinski definition) is 2. The van der Waals surface area contributed by atoms with Crippen LogP contribution in [-0.4, -0.2) is 51.8 Å². The number of rotatable bonds is 2. The third kappa shape index (κ3) is 2.12. The Hall–Kier alpha value is -3.14. The van der Waals surface area contributed by atoms with Gasteiger partial charge < -0.3 is 5.32 Å². The third-order valence-corrected chi connectivity index (χ3v) is 6.35. The molecule has 1 saturated heterocycles. The first-order valence-corrected chi connectivity index (χ1v) is 9.95. The lowest BCUT2D eigenvalue weighted by Gasteiger charge is -2.28. The lowest BCUT2D eigenvalue weighted by molar-refractivity contribution is -0.110. The molecule has 2 aromatic rings. The Labute approximate surface area is 163 Å². The first-order chi connectivity index (χ1) is 13.5. The fourth-order valence-corrected chi connectivity index (χ4v) is 5.03. The van der Waals surface area contributed by atoms with E-state index in [0.29, 0.717) is 39.2 Å². The van der Waals surface area contributed by atoms with E-state index < -0.39 is 12.3 Å². The zero-order valence-electron chi connectivity index (χ0n) is 15.3. The van der Waals surface area contributed by atoms with E-state index >= 15 is 0 Å². The van der Waals surface area contributed by atoms with Gasteiger partial charge in [-0.05, 0) is 19.9 Å². The number of hydrogen-bond acceptors (Lipinski definition) is 6. The fourth-order valence-electron chi connectivity index (χ4n) is 3.97. The number of nitrogens with one attached hydrogen (secondary N) is 2. The Morgan fingerprint density at radius 2 is 1.86 bits per heavy atom. The Bertz CT molecular complexity index is 1200. The van der Waals surface area contributed by atoms with E-state index in [0.717, 1.165) is 0 Å². The predicted octanol–water partition coefficient (Wildman–Crippen LogP) is -0.333. The summed E-state index contributed by atoms with van der Waals surface area (Å²) >= 11 is 1.17. The van der Waals surface area contributed by atoms with E-state index in [4.69, 9.17) is 0 Å². The summed E-state index contributed by atoms with van der Waals surface area (Å²) in [7, 11) is 0. The number of benzene rings is 1. The van der Waals surface area contributed by atoms with Crippen molar-refractivity contribution in [1.29, 1.82) is 0 Å². The normalized spacial score (nSPS) is 24.4. The molecule has 0 bridgehead atoms. The number of para-hydroxylation sites is 1. The number of thiazole rings is 1. The van der Waals surface area contributed by atoms with Crippen LogP contribution in [0.2, 0.25) is 0 Å². The molecule has 10 heteroatoms. The average Bonchev–Trinajstić information content (AvgIpc) is 3.27. The third-order valence-electron chi connectivity index (χ3n) is 5.30. The van der Waals surface area contributed by atoms with Crippen molar-refractivity contribution >= 4 is 34.5 Å². The van der Waals surface area contributed by atoms with Gasteiger partial charge in [-0.3, -0.25) is 24.8 Å². The minimum atomic E-state index is -0.417. The Morgan fingerprint density at radius 3 is 2.61 bits per heavy atom. The minimum absolute atomic E-state index is 0.0989. The van der Waals surface area contributed by atoms with Crippen molar-refractivity contribution in [2.45, 2.75) is 26.2 Å². The lowest BCUT2D eigenvalue weighted by atomic mass is 10.1. The zero-order valence-corrected chi connectivity index (χ0v) is 16.1. The van der Waals surface area contributed by atoms with Gasteiger partial charge in [-0.1, -0.05) is 29.5 Å². The minimum Gasteiger partial charge on any atom is -0.321 e. The molecule has 2 unspecified atom stereocenters. The number of amides is 3. The highest BCUT2D eigenvalue weighted by Crippen LogP contribution is 2.29. The van der Waals surface area contributed by atoms with Crippen LogP contribution in [0.15, 0.2) is 34.1 Å². The van der Waals surface area contributed by atoms with E-state index in [2.05, 4.69) is 15.7 Å². The molecule has 1 aromatic carbocycles. The van der Waals surface area contributed by atoms with Crippen LogP contribution in [0.3, 0.4) is 0 Å². The number of urea groups is 1. The second-order valence-electron chi connectivity index (χ2n) is 6.70. The van der Waals surface area contributed by atoms with E-state index in [1.807, 2.05) is 38.1 Å². The standard InChI is InChI=1S/C18H18N6O3S/c1-3-22-13-14(23(4-2)18(22)27)21-24-16(26)12(28-17(24)20-13)11-9-7-5-6-8-10(9)19-15(11)25/h5-8,13-14,21H,3-4H2,1-2H3,(H,19,25)/b12-11-. The summed E-state index contributed by atoms with van der Waals surface area (Å²) < 4.78 is 1.70. The molecule has 2 atom stereocenters. The maximum atomic E-state index is 13.1. The van der Waals surface area contributed by atoms with Crippen LogP contribution >= 0.6 is 11.3 Å². The van der Waals surface area contributed by atoms with Crippen molar-refractivity contribution in [2.24, 2.45) is 4.99 Å². The molecule has 3 aliphatic rings. The Morgan fingerprint density at radius 1 is 1.11 bits per heavy atom. The molecule has 1 aromatic heterocycles. The van der Waals surface area contributed by atoms with Gasteiger partial charge in [-0.15, -0.1) is 0 Å². The molecule has 5 rings (SSSR count). The van der Waals surface area contributed by atoms with Gasteiger partial charge in [-0.2, -0.15) is 4.68 Å². The molecular weight excluding hydrogens is 380 g/mol. The molecule has 0 radical (unpaired) electrons. The van der Waals surface area contributed by atoms with Gasteiger partial charge in [-0.25, -0.2) is 9.79 Å². The highest BCUT2D eigenvalue weighted by molar-refractivity contribution is 7.07. The molecule has 144 valence electrons. The van der Waals surface area contributed by atoms with E-state index in [-0.39, 0.29) is 17.5 Å². The van der Waals surface area contributed by atoms with Gasteiger partial charge in [0.25, 0.3) is 11.5 Å². The topological polar surface area (TPSA) is 99.0 Å². The molecule has 1 fully saturated rings. The van der Waals surface area contributed by atoms with Crippen LogP contribution in [0.25, 0.3) is 5.57 Å². The van der Waals surface area contributed by atoms with Crippen molar-refractivity contribution in [3.05, 3.63) is 49.5 Å². The van der Waals surface area contributed by atoms with Crippen molar-refractivity contribution in [2.75, 3.05) is 23.8 Å². The summed E-state index contributed by atoms with van der Waals surface area (Å²) in [5, 5.41) is 2.80.